The lowest BCUT2D eigenvalue weighted by molar-refractivity contribution is -0.140. The number of hydrogen-bond acceptors (Lipinski definition) is 5. The van der Waals surface area contributed by atoms with Crippen molar-refractivity contribution in [1.29, 1.82) is 0 Å². The van der Waals surface area contributed by atoms with Crippen LogP contribution in [0.5, 0.6) is 0 Å². The molecule has 8 nitrogen and oxygen atoms in total. The minimum atomic E-state index is -0.819. The van der Waals surface area contributed by atoms with Crippen molar-refractivity contribution in [3.05, 3.63) is 84.2 Å². The monoisotopic (exact) mass is 488 g/mol. The van der Waals surface area contributed by atoms with E-state index in [9.17, 15) is 14.0 Å². The molecule has 1 N–H and O–H groups in total. The first kappa shape index (κ1) is 24.8. The lowest BCUT2D eigenvalue weighted by Gasteiger charge is -2.30. The molecular formula is C27H29FN6O2. The van der Waals surface area contributed by atoms with Gasteiger partial charge in [0.1, 0.15) is 23.9 Å². The molecule has 9 heteroatoms. The van der Waals surface area contributed by atoms with E-state index in [0.29, 0.717) is 28.7 Å². The van der Waals surface area contributed by atoms with E-state index >= 15 is 0 Å². The Hall–Kier alpha value is -4.27. The maximum atomic E-state index is 14.5. The first-order valence-electron chi connectivity index (χ1n) is 11.8. The quantitative estimate of drug-likeness (QED) is 0.384. The number of benzene rings is 3. The zero-order valence-corrected chi connectivity index (χ0v) is 20.6. The number of nitrogens with one attached hydrogen (secondary N) is 1. The van der Waals surface area contributed by atoms with Gasteiger partial charge in [-0.2, -0.15) is 0 Å². The van der Waals surface area contributed by atoms with Crippen LogP contribution in [-0.2, 0) is 22.7 Å². The van der Waals surface area contributed by atoms with Gasteiger partial charge in [-0.3, -0.25) is 9.59 Å². The molecule has 4 aromatic rings. The smallest absolute Gasteiger partial charge is 0.247 e. The van der Waals surface area contributed by atoms with E-state index < -0.39 is 11.9 Å². The zero-order valence-electron chi connectivity index (χ0n) is 20.6. The number of hydrogen-bond donors (Lipinski definition) is 1. The summed E-state index contributed by atoms with van der Waals surface area (Å²) in [6, 6.07) is 20.2. The number of aromatic nitrogens is 3. The largest absolute Gasteiger partial charge is 0.378 e. The molecule has 1 aromatic heterocycles. The second-order valence-electron chi connectivity index (χ2n) is 8.70. The van der Waals surface area contributed by atoms with Crippen molar-refractivity contribution in [2.75, 3.05) is 24.3 Å². The van der Waals surface area contributed by atoms with Crippen molar-refractivity contribution in [3.8, 4) is 0 Å². The number of nitrogens with zero attached hydrogens (tertiary/aromatic N) is 5. The average molecular weight is 489 g/mol. The molecule has 0 aliphatic carbocycles. The summed E-state index contributed by atoms with van der Waals surface area (Å²) in [5.74, 6) is -1.14. The molecule has 0 spiro atoms. The Balaban J connectivity index is 1.60. The highest BCUT2D eigenvalue weighted by atomic mass is 19.1. The molecule has 4 rings (SSSR count). The van der Waals surface area contributed by atoms with E-state index in [0.717, 1.165) is 5.69 Å². The molecule has 3 aromatic carbocycles. The van der Waals surface area contributed by atoms with Crippen molar-refractivity contribution in [2.24, 2.45) is 0 Å². The lowest BCUT2D eigenvalue weighted by atomic mass is 10.1. The summed E-state index contributed by atoms with van der Waals surface area (Å²) < 4.78 is 16.0. The lowest BCUT2D eigenvalue weighted by Crippen LogP contribution is -2.48. The van der Waals surface area contributed by atoms with E-state index in [1.807, 2.05) is 74.4 Å². The number of para-hydroxylation sites is 1. The number of halogens is 1. The second-order valence-corrected chi connectivity index (χ2v) is 8.70. The van der Waals surface area contributed by atoms with E-state index in [1.54, 1.807) is 18.2 Å². The first-order valence-corrected chi connectivity index (χ1v) is 11.8. The number of carbonyl (C=O) groups is 2. The summed E-state index contributed by atoms with van der Waals surface area (Å²) in [5.41, 5.74) is 3.31. The average Bonchev–Trinajstić information content (AvgIpc) is 3.28. The van der Waals surface area contributed by atoms with Crippen LogP contribution in [0.25, 0.3) is 11.0 Å². The van der Waals surface area contributed by atoms with Crippen molar-refractivity contribution in [3.63, 3.8) is 0 Å². The van der Waals surface area contributed by atoms with Crippen LogP contribution in [0.1, 0.15) is 18.9 Å². The fourth-order valence-corrected chi connectivity index (χ4v) is 4.05. The van der Waals surface area contributed by atoms with E-state index in [2.05, 4.69) is 15.6 Å². The van der Waals surface area contributed by atoms with Gasteiger partial charge >= 0.3 is 0 Å². The summed E-state index contributed by atoms with van der Waals surface area (Å²) >= 11 is 0. The fourth-order valence-electron chi connectivity index (χ4n) is 4.05. The summed E-state index contributed by atoms with van der Waals surface area (Å²) in [6.45, 7) is 1.64. The molecule has 0 bridgehead atoms. The summed E-state index contributed by atoms with van der Waals surface area (Å²) in [7, 11) is 3.87. The van der Waals surface area contributed by atoms with Gasteiger partial charge < -0.3 is 15.1 Å². The van der Waals surface area contributed by atoms with Crippen LogP contribution in [0, 0.1) is 5.82 Å². The van der Waals surface area contributed by atoms with E-state index in [-0.39, 0.29) is 24.9 Å². The third-order valence-electron chi connectivity index (χ3n) is 6.04. The van der Waals surface area contributed by atoms with Gasteiger partial charge in [0.15, 0.2) is 0 Å². The Morgan fingerprint density at radius 1 is 1.00 bits per heavy atom. The number of rotatable bonds is 9. The molecule has 36 heavy (non-hydrogen) atoms. The van der Waals surface area contributed by atoms with Gasteiger partial charge in [-0.1, -0.05) is 42.5 Å². The predicted molar refractivity (Wildman–Crippen MR) is 138 cm³/mol. The number of fused-ring (bicyclic) bond motifs is 1. The van der Waals surface area contributed by atoms with Crippen LogP contribution >= 0.6 is 0 Å². The molecule has 0 aliphatic rings. The van der Waals surface area contributed by atoms with Crippen LogP contribution in [-0.4, -0.2) is 51.8 Å². The number of amides is 2. The van der Waals surface area contributed by atoms with Crippen molar-refractivity contribution >= 4 is 34.2 Å². The molecule has 0 aliphatic heterocycles. The van der Waals surface area contributed by atoms with Gasteiger partial charge in [0.25, 0.3) is 0 Å². The number of carbonyl (C=O) groups excluding carboxylic acids is 2. The van der Waals surface area contributed by atoms with Crippen LogP contribution in [0.15, 0.2) is 72.8 Å². The standard InChI is InChI=1S/C27H29FN6O2/c1-4-24(27(36)29-20-13-15-21(16-14-20)32(2)3)33(17-19-9-5-6-10-22(19)28)26(35)18-34-25-12-8-7-11-23(25)30-31-34/h5-16,24H,4,17-18H2,1-3H3,(H,29,36). The Labute approximate surface area is 209 Å². The maximum Gasteiger partial charge on any atom is 0.247 e. The van der Waals surface area contributed by atoms with Crippen LogP contribution < -0.4 is 10.2 Å². The minimum Gasteiger partial charge on any atom is -0.378 e. The SMILES string of the molecule is CCC(C(=O)Nc1ccc(N(C)C)cc1)N(Cc1ccccc1F)C(=O)Cn1nnc2ccccc21. The Morgan fingerprint density at radius 3 is 2.39 bits per heavy atom. The predicted octanol–water partition coefficient (Wildman–Crippen LogP) is 4.08. The highest BCUT2D eigenvalue weighted by Gasteiger charge is 2.30. The van der Waals surface area contributed by atoms with E-state index in [4.69, 9.17) is 0 Å². The fraction of sp³-hybridized carbons (Fsp3) is 0.259. The Bertz CT molecular complexity index is 1350. The third kappa shape index (κ3) is 5.51. The number of anilines is 2. The van der Waals surface area contributed by atoms with Crippen LogP contribution in [0.4, 0.5) is 15.8 Å². The summed E-state index contributed by atoms with van der Waals surface area (Å²) in [4.78, 5) is 30.3. The Morgan fingerprint density at radius 2 is 1.69 bits per heavy atom. The minimum absolute atomic E-state index is 0.0520. The molecule has 1 heterocycles. The molecule has 0 saturated carbocycles. The Kier molecular flexibility index (Phi) is 7.58. The highest BCUT2D eigenvalue weighted by Crippen LogP contribution is 2.20. The molecule has 1 unspecified atom stereocenters. The topological polar surface area (TPSA) is 83.4 Å². The molecular weight excluding hydrogens is 459 g/mol. The van der Waals surface area contributed by atoms with E-state index in [1.165, 1.54) is 15.6 Å². The van der Waals surface area contributed by atoms with Crippen LogP contribution in [0.3, 0.4) is 0 Å². The highest BCUT2D eigenvalue weighted by molar-refractivity contribution is 5.97. The van der Waals surface area contributed by atoms with Gasteiger partial charge in [-0.25, -0.2) is 9.07 Å². The van der Waals surface area contributed by atoms with Crippen molar-refractivity contribution < 1.29 is 14.0 Å². The molecule has 1 atom stereocenters. The first-order chi connectivity index (χ1) is 17.4. The van der Waals surface area contributed by atoms with Gasteiger partial charge in [0, 0.05) is 37.6 Å². The summed E-state index contributed by atoms with van der Waals surface area (Å²) in [5, 5.41) is 11.1. The van der Waals surface area contributed by atoms with Gasteiger partial charge in [0.2, 0.25) is 11.8 Å². The molecule has 2 amide bonds. The zero-order chi connectivity index (χ0) is 25.7. The normalized spacial score (nSPS) is 11.8. The molecule has 0 fully saturated rings. The molecule has 0 saturated heterocycles. The molecule has 0 radical (unpaired) electrons. The van der Waals surface area contributed by atoms with Crippen molar-refractivity contribution in [2.45, 2.75) is 32.5 Å². The third-order valence-corrected chi connectivity index (χ3v) is 6.04. The van der Waals surface area contributed by atoms with Gasteiger partial charge in [-0.15, -0.1) is 5.10 Å². The van der Waals surface area contributed by atoms with Gasteiger partial charge in [-0.05, 0) is 48.9 Å². The summed E-state index contributed by atoms with van der Waals surface area (Å²) in [6.07, 6.45) is 0.347. The maximum absolute atomic E-state index is 14.5. The van der Waals surface area contributed by atoms with Gasteiger partial charge in [0.05, 0.1) is 5.52 Å². The van der Waals surface area contributed by atoms with Crippen LogP contribution in [0.2, 0.25) is 0 Å². The van der Waals surface area contributed by atoms with Crippen molar-refractivity contribution in [1.82, 2.24) is 19.9 Å². The second kappa shape index (κ2) is 11.0. The molecule has 186 valence electrons.